The Bertz CT molecular complexity index is 360. The van der Waals surface area contributed by atoms with Gasteiger partial charge in [-0.1, -0.05) is 26.0 Å². The fourth-order valence-electron chi connectivity index (χ4n) is 1.91. The van der Waals surface area contributed by atoms with Crippen molar-refractivity contribution in [2.75, 3.05) is 13.2 Å². The number of aromatic nitrogens is 3. The van der Waals surface area contributed by atoms with Crippen LogP contribution in [0.2, 0.25) is 0 Å². The van der Waals surface area contributed by atoms with Crippen molar-refractivity contribution in [1.29, 1.82) is 0 Å². The van der Waals surface area contributed by atoms with E-state index >= 15 is 0 Å². The molecule has 0 bridgehead atoms. The Hall–Kier alpha value is -0.980. The Labute approximate surface area is 114 Å². The van der Waals surface area contributed by atoms with Gasteiger partial charge in [-0.05, 0) is 18.3 Å². The van der Waals surface area contributed by atoms with Gasteiger partial charge >= 0.3 is 0 Å². The minimum absolute atomic E-state index is 0.133. The summed E-state index contributed by atoms with van der Waals surface area (Å²) in [5, 5.41) is 29.8. The van der Waals surface area contributed by atoms with E-state index in [1.807, 2.05) is 6.20 Å². The molecule has 3 N–H and O–H groups in total. The smallest absolute Gasteiger partial charge is 0.0964 e. The molecule has 110 valence electrons. The summed E-state index contributed by atoms with van der Waals surface area (Å²) in [6.45, 7) is 8.33. The van der Waals surface area contributed by atoms with Gasteiger partial charge in [0.05, 0.1) is 11.8 Å². The molecule has 0 spiro atoms. The molecule has 0 aliphatic carbocycles. The molecule has 6 nitrogen and oxygen atoms in total. The van der Waals surface area contributed by atoms with Gasteiger partial charge in [-0.2, -0.15) is 0 Å². The van der Waals surface area contributed by atoms with Gasteiger partial charge in [-0.25, -0.2) is 0 Å². The van der Waals surface area contributed by atoms with Crippen molar-refractivity contribution < 1.29 is 10.2 Å². The van der Waals surface area contributed by atoms with Crippen LogP contribution in [-0.2, 0) is 13.1 Å². The summed E-state index contributed by atoms with van der Waals surface area (Å²) in [6, 6.07) is 0. The molecule has 19 heavy (non-hydrogen) atoms. The van der Waals surface area contributed by atoms with Crippen LogP contribution in [0.3, 0.4) is 0 Å². The first kappa shape index (κ1) is 16.1. The summed E-state index contributed by atoms with van der Waals surface area (Å²) < 4.78 is 1.72. The van der Waals surface area contributed by atoms with E-state index in [9.17, 15) is 5.11 Å². The van der Waals surface area contributed by atoms with Crippen LogP contribution in [0.1, 0.15) is 39.3 Å². The molecule has 0 amide bonds. The zero-order valence-electron chi connectivity index (χ0n) is 12.1. The lowest BCUT2D eigenvalue weighted by Crippen LogP contribution is -2.29. The van der Waals surface area contributed by atoms with Crippen molar-refractivity contribution in [2.45, 2.75) is 52.8 Å². The Kier molecular flexibility index (Phi) is 6.41. The van der Waals surface area contributed by atoms with Gasteiger partial charge in [-0.3, -0.25) is 4.68 Å². The molecule has 1 heterocycles. The second kappa shape index (κ2) is 7.57. The summed E-state index contributed by atoms with van der Waals surface area (Å²) in [6.07, 6.45) is 2.96. The van der Waals surface area contributed by atoms with Gasteiger partial charge in [0.2, 0.25) is 0 Å². The number of aryl methyl sites for hydroxylation is 1. The molecule has 1 unspecified atom stereocenters. The van der Waals surface area contributed by atoms with Crippen LogP contribution >= 0.6 is 0 Å². The van der Waals surface area contributed by atoms with Crippen LogP contribution in [0, 0.1) is 5.41 Å². The molecule has 6 heteroatoms. The average Bonchev–Trinajstić information content (AvgIpc) is 2.72. The van der Waals surface area contributed by atoms with E-state index in [2.05, 4.69) is 36.4 Å². The summed E-state index contributed by atoms with van der Waals surface area (Å²) in [4.78, 5) is 0. The minimum atomic E-state index is -0.343. The van der Waals surface area contributed by atoms with Gasteiger partial charge in [0.1, 0.15) is 0 Å². The van der Waals surface area contributed by atoms with E-state index in [0.717, 1.165) is 12.1 Å². The zero-order chi connectivity index (χ0) is 14.3. The number of nitrogens with one attached hydrogen (secondary N) is 1. The molecule has 0 aliphatic heterocycles. The summed E-state index contributed by atoms with van der Waals surface area (Å²) in [7, 11) is 0. The van der Waals surface area contributed by atoms with Crippen molar-refractivity contribution >= 4 is 0 Å². The Balaban J connectivity index is 2.23. The number of rotatable bonds is 8. The van der Waals surface area contributed by atoms with Crippen LogP contribution in [0.4, 0.5) is 0 Å². The first-order chi connectivity index (χ1) is 8.90. The molecule has 1 aromatic rings. The lowest BCUT2D eigenvalue weighted by molar-refractivity contribution is 0.119. The summed E-state index contributed by atoms with van der Waals surface area (Å²) in [5.74, 6) is 0. The Morgan fingerprint density at radius 2 is 2.16 bits per heavy atom. The highest BCUT2D eigenvalue weighted by Crippen LogP contribution is 2.20. The van der Waals surface area contributed by atoms with Crippen molar-refractivity contribution in [1.82, 2.24) is 20.3 Å². The third kappa shape index (κ3) is 7.25. The topological polar surface area (TPSA) is 83.2 Å². The quantitative estimate of drug-likeness (QED) is 0.642. The zero-order valence-corrected chi connectivity index (χ0v) is 12.1. The summed E-state index contributed by atoms with van der Waals surface area (Å²) in [5.41, 5.74) is 0.982. The molecule has 0 saturated heterocycles. The standard InChI is InChI=1S/C13H26N4O2/c1-13(2,3)7-12(19)9-14-8-11-10-17(16-15-11)5-4-6-18/h10,12,14,18-19H,4-9H2,1-3H3. The third-order valence-corrected chi connectivity index (χ3v) is 2.67. The van der Waals surface area contributed by atoms with E-state index in [-0.39, 0.29) is 18.1 Å². The largest absolute Gasteiger partial charge is 0.396 e. The van der Waals surface area contributed by atoms with Crippen molar-refractivity contribution in [2.24, 2.45) is 5.41 Å². The first-order valence-electron chi connectivity index (χ1n) is 6.79. The lowest BCUT2D eigenvalue weighted by Gasteiger charge is -2.22. The lowest BCUT2D eigenvalue weighted by atomic mass is 9.89. The predicted molar refractivity (Wildman–Crippen MR) is 73.5 cm³/mol. The van der Waals surface area contributed by atoms with E-state index < -0.39 is 0 Å². The molecule has 1 atom stereocenters. The molecule has 1 aromatic heterocycles. The molecule has 1 rings (SSSR count). The van der Waals surface area contributed by atoms with E-state index in [1.165, 1.54) is 0 Å². The van der Waals surface area contributed by atoms with Gasteiger partial charge in [0.25, 0.3) is 0 Å². The first-order valence-corrected chi connectivity index (χ1v) is 6.79. The SMILES string of the molecule is CC(C)(C)CC(O)CNCc1cn(CCCO)nn1. The van der Waals surface area contributed by atoms with Crippen LogP contribution in [0.25, 0.3) is 0 Å². The van der Waals surface area contributed by atoms with E-state index in [0.29, 0.717) is 26.1 Å². The van der Waals surface area contributed by atoms with Crippen LogP contribution in [0.5, 0.6) is 0 Å². The maximum absolute atomic E-state index is 9.85. The maximum atomic E-state index is 9.85. The highest BCUT2D eigenvalue weighted by Gasteiger charge is 2.16. The van der Waals surface area contributed by atoms with Gasteiger partial charge in [-0.15, -0.1) is 5.10 Å². The highest BCUT2D eigenvalue weighted by molar-refractivity contribution is 4.91. The fraction of sp³-hybridized carbons (Fsp3) is 0.846. The molecule has 0 aliphatic rings. The molecule has 0 saturated carbocycles. The van der Waals surface area contributed by atoms with Gasteiger partial charge < -0.3 is 15.5 Å². The number of nitrogens with zero attached hydrogens (tertiary/aromatic N) is 3. The number of hydrogen-bond donors (Lipinski definition) is 3. The van der Waals surface area contributed by atoms with Crippen molar-refractivity contribution in [3.05, 3.63) is 11.9 Å². The molecule has 0 aromatic carbocycles. The highest BCUT2D eigenvalue weighted by atomic mass is 16.3. The predicted octanol–water partition coefficient (Wildman–Crippen LogP) is 0.547. The second-order valence-electron chi connectivity index (χ2n) is 6.10. The van der Waals surface area contributed by atoms with E-state index in [1.54, 1.807) is 4.68 Å². The monoisotopic (exact) mass is 270 g/mol. The van der Waals surface area contributed by atoms with Gasteiger partial charge in [0, 0.05) is 32.4 Å². The number of aliphatic hydroxyl groups excluding tert-OH is 2. The Morgan fingerprint density at radius 3 is 2.79 bits per heavy atom. The maximum Gasteiger partial charge on any atom is 0.0964 e. The summed E-state index contributed by atoms with van der Waals surface area (Å²) >= 11 is 0. The van der Waals surface area contributed by atoms with E-state index in [4.69, 9.17) is 5.11 Å². The van der Waals surface area contributed by atoms with Crippen LogP contribution in [0.15, 0.2) is 6.20 Å². The van der Waals surface area contributed by atoms with Crippen molar-refractivity contribution in [3.8, 4) is 0 Å². The molecular weight excluding hydrogens is 244 g/mol. The fourth-order valence-corrected chi connectivity index (χ4v) is 1.91. The average molecular weight is 270 g/mol. The normalized spacial score (nSPS) is 13.7. The number of aliphatic hydroxyl groups is 2. The molecule has 0 radical (unpaired) electrons. The van der Waals surface area contributed by atoms with Crippen LogP contribution in [-0.4, -0.2) is 44.5 Å². The second-order valence-corrected chi connectivity index (χ2v) is 6.10. The van der Waals surface area contributed by atoms with Crippen molar-refractivity contribution in [3.63, 3.8) is 0 Å². The van der Waals surface area contributed by atoms with Gasteiger partial charge in [0.15, 0.2) is 0 Å². The molecule has 0 fully saturated rings. The van der Waals surface area contributed by atoms with Crippen LogP contribution < -0.4 is 5.32 Å². The third-order valence-electron chi connectivity index (χ3n) is 2.67. The molecular formula is C13H26N4O2. The Morgan fingerprint density at radius 1 is 1.42 bits per heavy atom. The number of hydrogen-bond acceptors (Lipinski definition) is 5. The minimum Gasteiger partial charge on any atom is -0.396 e.